The molecule has 9 nitrogen and oxygen atoms in total. The maximum absolute atomic E-state index is 12.3. The van der Waals surface area contributed by atoms with Crippen molar-refractivity contribution in [2.45, 2.75) is 18.5 Å². The molecule has 2 heterocycles. The molecule has 1 aromatic heterocycles. The Bertz CT molecular complexity index is 1110. The molecule has 0 saturated carbocycles. The topological polar surface area (TPSA) is 107 Å². The van der Waals surface area contributed by atoms with Crippen LogP contribution in [0.3, 0.4) is 0 Å². The van der Waals surface area contributed by atoms with Gasteiger partial charge in [-0.3, -0.25) is 9.59 Å². The summed E-state index contributed by atoms with van der Waals surface area (Å²) in [6.07, 6.45) is 0.0847. The summed E-state index contributed by atoms with van der Waals surface area (Å²) in [5.74, 6) is 1.55. The maximum atomic E-state index is 12.3. The van der Waals surface area contributed by atoms with Crippen LogP contribution in [0.25, 0.3) is 0 Å². The molecule has 31 heavy (non-hydrogen) atoms. The molecule has 0 spiro atoms. The van der Waals surface area contributed by atoms with Crippen LogP contribution in [0.1, 0.15) is 11.4 Å². The summed E-state index contributed by atoms with van der Waals surface area (Å²) in [5.41, 5.74) is 2.48. The van der Waals surface area contributed by atoms with Crippen molar-refractivity contribution in [3.8, 4) is 11.5 Å². The highest BCUT2D eigenvalue weighted by molar-refractivity contribution is 7.99. The molecule has 4 rings (SSSR count). The van der Waals surface area contributed by atoms with E-state index in [-0.39, 0.29) is 30.8 Å². The number of amides is 2. The number of aromatic nitrogens is 3. The van der Waals surface area contributed by atoms with Gasteiger partial charge in [0, 0.05) is 24.5 Å². The average molecular weight is 439 g/mol. The van der Waals surface area contributed by atoms with Crippen LogP contribution >= 0.6 is 11.8 Å². The number of carbonyl (C=O) groups excluding carboxylic acids is 2. The Kier molecular flexibility index (Phi) is 6.08. The summed E-state index contributed by atoms with van der Waals surface area (Å²) in [6, 6.07) is 12.8. The van der Waals surface area contributed by atoms with E-state index < -0.39 is 0 Å². The first-order valence-corrected chi connectivity index (χ1v) is 10.5. The van der Waals surface area contributed by atoms with E-state index in [4.69, 9.17) is 9.47 Å². The zero-order valence-corrected chi connectivity index (χ0v) is 17.9. The SMILES string of the molecule is Cc1ccc(NC(=O)Cc2nnc(SCC(=O)Nc3ccc4c(c3)OCO4)n2C)cc1. The van der Waals surface area contributed by atoms with Crippen molar-refractivity contribution in [1.82, 2.24) is 14.8 Å². The Hall–Kier alpha value is -3.53. The largest absolute Gasteiger partial charge is 0.454 e. The van der Waals surface area contributed by atoms with E-state index in [9.17, 15) is 9.59 Å². The summed E-state index contributed by atoms with van der Waals surface area (Å²) in [5, 5.41) is 14.4. The number of fused-ring (bicyclic) bond motifs is 1. The Morgan fingerprint density at radius 2 is 1.71 bits per heavy atom. The van der Waals surface area contributed by atoms with Gasteiger partial charge in [-0.05, 0) is 31.2 Å². The number of benzene rings is 2. The Morgan fingerprint density at radius 1 is 1.00 bits per heavy atom. The van der Waals surface area contributed by atoms with Gasteiger partial charge in [0.05, 0.1) is 12.2 Å². The minimum atomic E-state index is -0.189. The van der Waals surface area contributed by atoms with E-state index in [0.717, 1.165) is 11.3 Å². The van der Waals surface area contributed by atoms with Crippen LogP contribution in [-0.4, -0.2) is 39.1 Å². The molecular weight excluding hydrogens is 418 g/mol. The molecule has 0 radical (unpaired) electrons. The first-order valence-electron chi connectivity index (χ1n) is 9.55. The normalized spacial score (nSPS) is 11.9. The minimum Gasteiger partial charge on any atom is -0.454 e. The van der Waals surface area contributed by atoms with Gasteiger partial charge >= 0.3 is 0 Å². The van der Waals surface area contributed by atoms with Gasteiger partial charge in [0.2, 0.25) is 18.6 Å². The second-order valence-corrected chi connectivity index (χ2v) is 7.90. The average Bonchev–Trinajstić information content (AvgIpc) is 3.35. The summed E-state index contributed by atoms with van der Waals surface area (Å²) in [4.78, 5) is 24.6. The maximum Gasteiger partial charge on any atom is 0.234 e. The molecule has 10 heteroatoms. The number of nitrogens with zero attached hydrogens (tertiary/aromatic N) is 3. The zero-order chi connectivity index (χ0) is 21.8. The number of anilines is 2. The number of thioether (sulfide) groups is 1. The van der Waals surface area contributed by atoms with Crippen LogP contribution in [-0.2, 0) is 23.1 Å². The van der Waals surface area contributed by atoms with Gasteiger partial charge in [-0.2, -0.15) is 0 Å². The van der Waals surface area contributed by atoms with E-state index in [1.54, 1.807) is 29.8 Å². The first-order chi connectivity index (χ1) is 15.0. The number of hydrogen-bond donors (Lipinski definition) is 2. The van der Waals surface area contributed by atoms with E-state index in [2.05, 4.69) is 20.8 Å². The number of ether oxygens (including phenoxy) is 2. The predicted octanol–water partition coefficient (Wildman–Crippen LogP) is 2.76. The predicted molar refractivity (Wildman–Crippen MR) is 116 cm³/mol. The minimum absolute atomic E-state index is 0.0847. The highest BCUT2D eigenvalue weighted by Gasteiger charge is 2.16. The third-order valence-electron chi connectivity index (χ3n) is 4.57. The number of nitrogens with one attached hydrogen (secondary N) is 2. The van der Waals surface area contributed by atoms with Crippen molar-refractivity contribution in [1.29, 1.82) is 0 Å². The standard InChI is InChI=1S/C21H21N5O4S/c1-13-3-5-14(6-4-13)22-19(27)10-18-24-25-21(26(18)2)31-11-20(28)23-15-7-8-16-17(9-15)30-12-29-16/h3-9H,10-12H2,1-2H3,(H,22,27)(H,23,28). The van der Waals surface area contributed by atoms with Crippen molar-refractivity contribution in [3.05, 3.63) is 53.9 Å². The van der Waals surface area contributed by atoms with Crippen LogP contribution in [0.15, 0.2) is 47.6 Å². The van der Waals surface area contributed by atoms with Gasteiger partial charge in [0.25, 0.3) is 0 Å². The molecule has 3 aromatic rings. The summed E-state index contributed by atoms with van der Waals surface area (Å²) in [6.45, 7) is 2.17. The number of carbonyl (C=O) groups is 2. The molecule has 1 aliphatic heterocycles. The van der Waals surface area contributed by atoms with E-state index >= 15 is 0 Å². The van der Waals surface area contributed by atoms with E-state index in [1.165, 1.54) is 11.8 Å². The Labute approximate surface area is 183 Å². The molecule has 1 aliphatic rings. The summed E-state index contributed by atoms with van der Waals surface area (Å²) >= 11 is 1.24. The van der Waals surface area contributed by atoms with Gasteiger partial charge in [0.1, 0.15) is 5.82 Å². The Balaban J connectivity index is 1.29. The van der Waals surface area contributed by atoms with Gasteiger partial charge in [0.15, 0.2) is 16.7 Å². The molecule has 2 aromatic carbocycles. The van der Waals surface area contributed by atoms with Crippen LogP contribution in [0.4, 0.5) is 11.4 Å². The van der Waals surface area contributed by atoms with Gasteiger partial charge in [-0.1, -0.05) is 29.5 Å². The highest BCUT2D eigenvalue weighted by Crippen LogP contribution is 2.34. The van der Waals surface area contributed by atoms with E-state index in [0.29, 0.717) is 28.2 Å². The lowest BCUT2D eigenvalue weighted by Gasteiger charge is -2.07. The van der Waals surface area contributed by atoms with Crippen molar-refractivity contribution in [2.75, 3.05) is 23.2 Å². The van der Waals surface area contributed by atoms with Crippen molar-refractivity contribution in [3.63, 3.8) is 0 Å². The molecule has 2 N–H and O–H groups in total. The lowest BCUT2D eigenvalue weighted by atomic mass is 10.2. The monoisotopic (exact) mass is 439 g/mol. The molecule has 0 unspecified atom stereocenters. The van der Waals surface area contributed by atoms with Crippen LogP contribution in [0.5, 0.6) is 11.5 Å². The fraction of sp³-hybridized carbons (Fsp3) is 0.238. The van der Waals surface area contributed by atoms with Crippen molar-refractivity contribution < 1.29 is 19.1 Å². The van der Waals surface area contributed by atoms with Gasteiger partial charge in [-0.15, -0.1) is 10.2 Å². The number of rotatable bonds is 7. The molecule has 160 valence electrons. The third kappa shape index (κ3) is 5.15. The molecule has 0 aliphatic carbocycles. The van der Waals surface area contributed by atoms with Crippen molar-refractivity contribution in [2.24, 2.45) is 7.05 Å². The zero-order valence-electron chi connectivity index (χ0n) is 17.0. The molecule has 0 bridgehead atoms. The first kappa shape index (κ1) is 20.7. The molecular formula is C21H21N5O4S. The fourth-order valence-electron chi connectivity index (χ4n) is 2.91. The molecule has 0 saturated heterocycles. The lowest BCUT2D eigenvalue weighted by Crippen LogP contribution is -2.17. The second kappa shape index (κ2) is 9.09. The molecule has 2 amide bonds. The van der Waals surface area contributed by atoms with Crippen LogP contribution in [0, 0.1) is 6.92 Å². The lowest BCUT2D eigenvalue weighted by molar-refractivity contribution is -0.116. The van der Waals surface area contributed by atoms with E-state index in [1.807, 2.05) is 31.2 Å². The summed E-state index contributed by atoms with van der Waals surface area (Å²) < 4.78 is 12.3. The third-order valence-corrected chi connectivity index (χ3v) is 5.59. The van der Waals surface area contributed by atoms with Gasteiger partial charge in [-0.25, -0.2) is 0 Å². The number of aryl methyl sites for hydroxylation is 1. The molecule has 0 atom stereocenters. The smallest absolute Gasteiger partial charge is 0.234 e. The molecule has 0 fully saturated rings. The second-order valence-electron chi connectivity index (χ2n) is 6.95. The fourth-order valence-corrected chi connectivity index (χ4v) is 3.64. The Morgan fingerprint density at radius 3 is 2.52 bits per heavy atom. The highest BCUT2D eigenvalue weighted by atomic mass is 32.2. The van der Waals surface area contributed by atoms with Crippen LogP contribution < -0.4 is 20.1 Å². The number of hydrogen-bond acceptors (Lipinski definition) is 7. The quantitative estimate of drug-likeness (QED) is 0.545. The van der Waals surface area contributed by atoms with Crippen molar-refractivity contribution >= 4 is 35.0 Å². The van der Waals surface area contributed by atoms with Gasteiger partial charge < -0.3 is 24.7 Å². The van der Waals surface area contributed by atoms with Crippen LogP contribution in [0.2, 0.25) is 0 Å². The summed E-state index contributed by atoms with van der Waals surface area (Å²) in [7, 11) is 1.77.